The third-order valence-corrected chi connectivity index (χ3v) is 5.67. The summed E-state index contributed by atoms with van der Waals surface area (Å²) in [6.45, 7) is -0.0234. The lowest BCUT2D eigenvalue weighted by atomic mass is 10.1. The van der Waals surface area contributed by atoms with E-state index in [0.29, 0.717) is 9.23 Å². The fraction of sp³-hybridized carbons (Fsp3) is 0.136. The molecule has 0 aromatic heterocycles. The van der Waals surface area contributed by atoms with Gasteiger partial charge in [0.2, 0.25) is 5.91 Å². The summed E-state index contributed by atoms with van der Waals surface area (Å²) in [5.74, 6) is -0.977. The van der Waals surface area contributed by atoms with Crippen molar-refractivity contribution in [1.29, 1.82) is 0 Å². The lowest BCUT2D eigenvalue weighted by molar-refractivity contribution is -0.137. The summed E-state index contributed by atoms with van der Waals surface area (Å²) < 4.78 is 39.4. The monoisotopic (exact) mass is 462 g/mol. The van der Waals surface area contributed by atoms with Gasteiger partial charge in [-0.2, -0.15) is 13.2 Å². The number of thiocarbonyl (C=S) groups is 1. The second-order valence-electron chi connectivity index (χ2n) is 6.47. The van der Waals surface area contributed by atoms with Crippen LogP contribution in [0.2, 0.25) is 0 Å². The largest absolute Gasteiger partial charge is 0.418 e. The summed E-state index contributed by atoms with van der Waals surface area (Å²) in [5.41, 5.74) is -0.275. The second-order valence-corrected chi connectivity index (χ2v) is 8.14. The van der Waals surface area contributed by atoms with Crippen LogP contribution in [-0.4, -0.2) is 27.6 Å². The molecule has 9 heteroatoms. The fourth-order valence-corrected chi connectivity index (χ4v) is 4.04. The first-order valence-electron chi connectivity index (χ1n) is 9.19. The second kappa shape index (κ2) is 9.93. The Morgan fingerprint density at radius 3 is 2.48 bits per heavy atom. The van der Waals surface area contributed by atoms with E-state index in [-0.39, 0.29) is 24.6 Å². The minimum absolute atomic E-state index is 0.0234. The zero-order valence-corrected chi connectivity index (χ0v) is 17.7. The number of hydrogen-bond donors (Lipinski definition) is 1. The number of carbonyl (C=O) groups excluding carboxylic acids is 2. The highest BCUT2D eigenvalue weighted by atomic mass is 32.2. The van der Waals surface area contributed by atoms with E-state index in [9.17, 15) is 22.8 Å². The maximum atomic E-state index is 13.1. The summed E-state index contributed by atoms with van der Waals surface area (Å²) >= 11 is 6.33. The molecule has 1 fully saturated rings. The molecule has 2 aromatic carbocycles. The molecule has 1 aliphatic rings. The van der Waals surface area contributed by atoms with Crippen LogP contribution in [0.3, 0.4) is 0 Å². The van der Waals surface area contributed by atoms with Crippen LogP contribution in [0.25, 0.3) is 6.08 Å². The van der Waals surface area contributed by atoms with E-state index in [2.05, 4.69) is 5.32 Å². The maximum absolute atomic E-state index is 13.1. The van der Waals surface area contributed by atoms with Crippen molar-refractivity contribution in [2.45, 2.75) is 12.6 Å². The van der Waals surface area contributed by atoms with Gasteiger partial charge in [0.25, 0.3) is 5.91 Å². The van der Waals surface area contributed by atoms with E-state index in [1.165, 1.54) is 23.1 Å². The lowest BCUT2D eigenvalue weighted by Crippen LogP contribution is -2.31. The Bertz CT molecular complexity index is 1050. The van der Waals surface area contributed by atoms with E-state index in [0.717, 1.165) is 23.4 Å². The first-order chi connectivity index (χ1) is 14.8. The van der Waals surface area contributed by atoms with Crippen molar-refractivity contribution in [3.05, 3.63) is 82.8 Å². The number of anilines is 1. The number of halogens is 3. The number of carbonyl (C=O) groups is 2. The van der Waals surface area contributed by atoms with Gasteiger partial charge in [-0.3, -0.25) is 14.5 Å². The summed E-state index contributed by atoms with van der Waals surface area (Å²) in [7, 11) is 0. The van der Waals surface area contributed by atoms with Gasteiger partial charge in [-0.1, -0.05) is 78.6 Å². The molecule has 2 amide bonds. The van der Waals surface area contributed by atoms with E-state index in [4.69, 9.17) is 12.2 Å². The molecule has 0 unspecified atom stereocenters. The number of allylic oxidation sites excluding steroid dienone is 2. The maximum Gasteiger partial charge on any atom is 0.418 e. The van der Waals surface area contributed by atoms with Gasteiger partial charge >= 0.3 is 6.18 Å². The molecule has 1 heterocycles. The van der Waals surface area contributed by atoms with Gasteiger partial charge in [0.05, 0.1) is 16.2 Å². The minimum atomic E-state index is -4.58. The predicted octanol–water partition coefficient (Wildman–Crippen LogP) is 5.49. The molecular formula is C22H17F3N2O2S2. The highest BCUT2D eigenvalue weighted by Gasteiger charge is 2.34. The molecule has 160 valence electrons. The third kappa shape index (κ3) is 6.05. The molecule has 1 saturated heterocycles. The van der Waals surface area contributed by atoms with E-state index in [1.54, 1.807) is 12.2 Å². The van der Waals surface area contributed by atoms with Crippen LogP contribution >= 0.6 is 24.0 Å². The Morgan fingerprint density at radius 2 is 1.77 bits per heavy atom. The molecule has 4 nitrogen and oxygen atoms in total. The third-order valence-electron chi connectivity index (χ3n) is 4.28. The number of amides is 2. The van der Waals surface area contributed by atoms with Crippen LogP contribution < -0.4 is 5.32 Å². The molecule has 31 heavy (non-hydrogen) atoms. The average molecular weight is 463 g/mol. The zero-order chi connectivity index (χ0) is 22.4. The summed E-state index contributed by atoms with van der Waals surface area (Å²) in [6, 6.07) is 14.3. The Morgan fingerprint density at radius 1 is 1.10 bits per heavy atom. The van der Waals surface area contributed by atoms with Gasteiger partial charge in [-0.05, 0) is 23.8 Å². The molecule has 1 aliphatic heterocycles. The molecule has 0 radical (unpaired) electrons. The average Bonchev–Trinajstić information content (AvgIpc) is 2.99. The molecule has 0 spiro atoms. The van der Waals surface area contributed by atoms with E-state index in [1.807, 2.05) is 36.4 Å². The Balaban J connectivity index is 1.59. The molecule has 3 rings (SSSR count). The Hall–Kier alpha value is -2.91. The van der Waals surface area contributed by atoms with Crippen LogP contribution in [0.5, 0.6) is 0 Å². The Kier molecular flexibility index (Phi) is 7.29. The minimum Gasteiger partial charge on any atom is -0.325 e. The van der Waals surface area contributed by atoms with Crippen LogP contribution in [0, 0.1) is 0 Å². The summed E-state index contributed by atoms with van der Waals surface area (Å²) in [6.07, 6.45) is 0.457. The van der Waals surface area contributed by atoms with Crippen LogP contribution in [0.4, 0.5) is 18.9 Å². The van der Waals surface area contributed by atoms with Gasteiger partial charge < -0.3 is 5.32 Å². The zero-order valence-electron chi connectivity index (χ0n) is 16.1. The number of alkyl halides is 3. The highest BCUT2D eigenvalue weighted by molar-refractivity contribution is 8.26. The normalized spacial score (nSPS) is 15.8. The first kappa shape index (κ1) is 22.8. The van der Waals surface area contributed by atoms with Crippen molar-refractivity contribution in [2.24, 2.45) is 0 Å². The van der Waals surface area contributed by atoms with Crippen molar-refractivity contribution < 1.29 is 22.8 Å². The van der Waals surface area contributed by atoms with Gasteiger partial charge in [0.1, 0.15) is 4.32 Å². The van der Waals surface area contributed by atoms with Crippen molar-refractivity contribution >= 4 is 51.9 Å². The highest BCUT2D eigenvalue weighted by Crippen LogP contribution is 2.35. The van der Waals surface area contributed by atoms with Crippen LogP contribution in [0.15, 0.2) is 71.7 Å². The number of benzene rings is 2. The van der Waals surface area contributed by atoms with Gasteiger partial charge in [0, 0.05) is 13.0 Å². The van der Waals surface area contributed by atoms with Crippen molar-refractivity contribution in [2.75, 3.05) is 11.9 Å². The predicted molar refractivity (Wildman–Crippen MR) is 120 cm³/mol. The first-order valence-corrected chi connectivity index (χ1v) is 10.4. The summed E-state index contributed by atoms with van der Waals surface area (Å²) in [5, 5.41) is 2.26. The number of thioether (sulfide) groups is 1. The number of para-hydroxylation sites is 1. The lowest BCUT2D eigenvalue weighted by Gasteiger charge is -2.16. The molecule has 0 saturated carbocycles. The fourth-order valence-electron chi connectivity index (χ4n) is 2.78. The molecular weight excluding hydrogens is 445 g/mol. The smallest absolute Gasteiger partial charge is 0.325 e. The quantitative estimate of drug-likeness (QED) is 0.456. The molecule has 0 bridgehead atoms. The number of hydrogen-bond acceptors (Lipinski definition) is 4. The topological polar surface area (TPSA) is 49.4 Å². The summed E-state index contributed by atoms with van der Waals surface area (Å²) in [4.78, 5) is 26.4. The van der Waals surface area contributed by atoms with Crippen LogP contribution in [-0.2, 0) is 15.8 Å². The van der Waals surface area contributed by atoms with E-state index >= 15 is 0 Å². The van der Waals surface area contributed by atoms with E-state index < -0.39 is 17.6 Å². The standard InChI is InChI=1S/C22H17F3N2O2S2/c23-22(24,25)16-10-4-5-11-17(16)26-19(28)13-14-27-20(29)18(31-21(27)30)12-6-9-15-7-2-1-3-8-15/h1-12H,13-14H2,(H,26,28)/b9-6+,18-12-. The van der Waals surface area contributed by atoms with Crippen molar-refractivity contribution in [1.82, 2.24) is 4.90 Å². The molecule has 0 aliphatic carbocycles. The van der Waals surface area contributed by atoms with Crippen LogP contribution in [0.1, 0.15) is 17.5 Å². The van der Waals surface area contributed by atoms with Gasteiger partial charge in [0.15, 0.2) is 0 Å². The number of nitrogens with zero attached hydrogens (tertiary/aromatic N) is 1. The SMILES string of the molecule is O=C(CCN1C(=O)/C(=C/C=C/c2ccccc2)SC1=S)Nc1ccccc1C(F)(F)F. The number of nitrogens with one attached hydrogen (secondary N) is 1. The van der Waals surface area contributed by atoms with Crippen molar-refractivity contribution in [3.8, 4) is 0 Å². The van der Waals surface area contributed by atoms with Gasteiger partial charge in [-0.15, -0.1) is 0 Å². The Labute approximate surface area is 186 Å². The molecule has 2 aromatic rings. The molecule has 1 N–H and O–H groups in total. The van der Waals surface area contributed by atoms with Gasteiger partial charge in [-0.25, -0.2) is 0 Å². The van der Waals surface area contributed by atoms with Crippen molar-refractivity contribution in [3.63, 3.8) is 0 Å². The molecule has 0 atom stereocenters. The number of rotatable bonds is 6.